The Hall–Kier alpha value is -7.82. The average molecular weight is 743 g/mol. The van der Waals surface area contributed by atoms with Gasteiger partial charge in [0.05, 0.1) is 0 Å². The fraction of sp³-hybridized carbons (Fsp3) is 0. The van der Waals surface area contributed by atoms with Gasteiger partial charge in [0.25, 0.3) is 0 Å². The van der Waals surface area contributed by atoms with Gasteiger partial charge in [-0.25, -0.2) is 0 Å². The molecule has 0 saturated carbocycles. The molecular formula is C54H30O4. The first-order chi connectivity index (χ1) is 28.7. The fourth-order valence-electron chi connectivity index (χ4n) is 9.05. The molecule has 4 nitrogen and oxygen atoms in total. The molecule has 0 fully saturated rings. The van der Waals surface area contributed by atoms with Gasteiger partial charge in [0.2, 0.25) is 0 Å². The monoisotopic (exact) mass is 742 g/mol. The highest BCUT2D eigenvalue weighted by molar-refractivity contribution is 6.12. The Labute approximate surface area is 330 Å². The van der Waals surface area contributed by atoms with Gasteiger partial charge in [-0.3, -0.25) is 0 Å². The summed E-state index contributed by atoms with van der Waals surface area (Å²) in [5.41, 5.74) is 16.2. The van der Waals surface area contributed by atoms with Gasteiger partial charge in [0.1, 0.15) is 44.7 Å². The van der Waals surface area contributed by atoms with E-state index < -0.39 is 0 Å². The highest BCUT2D eigenvalue weighted by atomic mass is 16.3. The van der Waals surface area contributed by atoms with Crippen LogP contribution in [-0.4, -0.2) is 0 Å². The van der Waals surface area contributed by atoms with Crippen LogP contribution < -0.4 is 0 Å². The lowest BCUT2D eigenvalue weighted by atomic mass is 9.92. The summed E-state index contributed by atoms with van der Waals surface area (Å²) in [7, 11) is 0. The molecule has 4 heteroatoms. The second-order valence-corrected chi connectivity index (χ2v) is 15.2. The largest absolute Gasteiger partial charge is 0.456 e. The van der Waals surface area contributed by atoms with Crippen molar-refractivity contribution in [3.8, 4) is 44.5 Å². The molecule has 0 radical (unpaired) electrons. The number of hydrogen-bond acceptors (Lipinski definition) is 4. The SMILES string of the molecule is c1ccc(-c2ccc3oc4ccc(-c5ccc6oc7ccccc7c6c5)cc4c3c2)c(-c2ccc3oc4ccc(-c5ccc6oc7ccccc7c6c5)cc4c3c2)c1. The molecule has 0 aliphatic carbocycles. The Balaban J connectivity index is 0.903. The van der Waals surface area contributed by atoms with E-state index >= 15 is 0 Å². The number of rotatable bonds is 4. The molecule has 270 valence electrons. The van der Waals surface area contributed by atoms with Gasteiger partial charge in [0.15, 0.2) is 0 Å². The van der Waals surface area contributed by atoms with Crippen molar-refractivity contribution >= 4 is 87.8 Å². The zero-order valence-corrected chi connectivity index (χ0v) is 31.0. The van der Waals surface area contributed by atoms with Crippen molar-refractivity contribution in [3.63, 3.8) is 0 Å². The maximum atomic E-state index is 6.39. The third-order valence-corrected chi connectivity index (χ3v) is 11.9. The maximum absolute atomic E-state index is 6.39. The molecule has 0 amide bonds. The minimum Gasteiger partial charge on any atom is -0.456 e. The van der Waals surface area contributed by atoms with Crippen LogP contribution in [0.3, 0.4) is 0 Å². The first kappa shape index (κ1) is 31.4. The van der Waals surface area contributed by atoms with Crippen molar-refractivity contribution in [2.24, 2.45) is 0 Å². The van der Waals surface area contributed by atoms with Crippen molar-refractivity contribution in [2.75, 3.05) is 0 Å². The third-order valence-electron chi connectivity index (χ3n) is 11.9. The predicted molar refractivity (Wildman–Crippen MR) is 237 cm³/mol. The molecule has 0 atom stereocenters. The highest BCUT2D eigenvalue weighted by Gasteiger charge is 2.17. The van der Waals surface area contributed by atoms with E-state index in [0.29, 0.717) is 0 Å². The normalized spacial score (nSPS) is 12.1. The first-order valence-electron chi connectivity index (χ1n) is 19.5. The number of fused-ring (bicyclic) bond motifs is 12. The van der Waals surface area contributed by atoms with Gasteiger partial charge in [0, 0.05) is 43.1 Å². The van der Waals surface area contributed by atoms with E-state index in [9.17, 15) is 0 Å². The molecule has 4 heterocycles. The van der Waals surface area contributed by atoms with Crippen molar-refractivity contribution < 1.29 is 17.7 Å². The molecule has 9 aromatic carbocycles. The van der Waals surface area contributed by atoms with Crippen LogP contribution >= 0.6 is 0 Å². The number of benzene rings is 9. The van der Waals surface area contributed by atoms with Gasteiger partial charge < -0.3 is 17.7 Å². The van der Waals surface area contributed by atoms with Crippen LogP contribution in [0.15, 0.2) is 200 Å². The van der Waals surface area contributed by atoms with E-state index in [-0.39, 0.29) is 0 Å². The lowest BCUT2D eigenvalue weighted by Gasteiger charge is -2.11. The van der Waals surface area contributed by atoms with E-state index in [4.69, 9.17) is 17.7 Å². The van der Waals surface area contributed by atoms with Crippen molar-refractivity contribution in [1.82, 2.24) is 0 Å². The van der Waals surface area contributed by atoms with E-state index in [2.05, 4.69) is 158 Å². The van der Waals surface area contributed by atoms with Crippen molar-refractivity contribution in [3.05, 3.63) is 182 Å². The molecule has 0 unspecified atom stereocenters. The summed E-state index contributed by atoms with van der Waals surface area (Å²) in [5.74, 6) is 0. The Morgan fingerprint density at radius 2 is 0.431 bits per heavy atom. The Kier molecular flexibility index (Phi) is 6.41. The molecule has 13 aromatic rings. The lowest BCUT2D eigenvalue weighted by Crippen LogP contribution is -1.85. The topological polar surface area (TPSA) is 52.6 Å². The van der Waals surface area contributed by atoms with E-state index in [1.807, 2.05) is 24.3 Å². The fourth-order valence-corrected chi connectivity index (χ4v) is 9.05. The van der Waals surface area contributed by atoms with E-state index in [1.54, 1.807) is 0 Å². The molecule has 58 heavy (non-hydrogen) atoms. The minimum atomic E-state index is 0.867. The van der Waals surface area contributed by atoms with Crippen LogP contribution in [0.2, 0.25) is 0 Å². The summed E-state index contributed by atoms with van der Waals surface area (Å²) >= 11 is 0. The molecule has 4 aromatic heterocycles. The van der Waals surface area contributed by atoms with Crippen LogP contribution in [0, 0.1) is 0 Å². The molecule has 0 N–H and O–H groups in total. The van der Waals surface area contributed by atoms with Gasteiger partial charge in [-0.1, -0.05) is 97.1 Å². The van der Waals surface area contributed by atoms with Crippen LogP contribution in [0.5, 0.6) is 0 Å². The van der Waals surface area contributed by atoms with Crippen LogP contribution in [-0.2, 0) is 0 Å². The summed E-state index contributed by atoms with van der Waals surface area (Å²) < 4.78 is 25.0. The quantitative estimate of drug-likeness (QED) is 0.180. The zero-order valence-electron chi connectivity index (χ0n) is 31.0. The average Bonchev–Trinajstić information content (AvgIpc) is 4.05. The maximum Gasteiger partial charge on any atom is 0.135 e. The number of furan rings is 4. The van der Waals surface area contributed by atoms with Crippen molar-refractivity contribution in [1.29, 1.82) is 0 Å². The van der Waals surface area contributed by atoms with Gasteiger partial charge in [-0.05, 0) is 129 Å². The second kappa shape index (κ2) is 11.8. The Morgan fingerprint density at radius 3 is 0.776 bits per heavy atom. The van der Waals surface area contributed by atoms with Crippen LogP contribution in [0.1, 0.15) is 0 Å². The summed E-state index contributed by atoms with van der Waals surface area (Å²) in [6, 6.07) is 64.0. The molecule has 13 rings (SSSR count). The van der Waals surface area contributed by atoms with E-state index in [1.165, 1.54) is 0 Å². The molecule has 0 aliphatic rings. The molecular weight excluding hydrogens is 713 g/mol. The first-order valence-corrected chi connectivity index (χ1v) is 19.5. The second-order valence-electron chi connectivity index (χ2n) is 15.2. The lowest BCUT2D eigenvalue weighted by molar-refractivity contribution is 0.668. The summed E-state index contributed by atoms with van der Waals surface area (Å²) in [6.07, 6.45) is 0. The number of hydrogen-bond donors (Lipinski definition) is 0. The smallest absolute Gasteiger partial charge is 0.135 e. The van der Waals surface area contributed by atoms with Gasteiger partial charge in [-0.15, -0.1) is 0 Å². The molecule has 0 spiro atoms. The Morgan fingerprint density at radius 1 is 0.190 bits per heavy atom. The number of para-hydroxylation sites is 2. The zero-order chi connectivity index (χ0) is 37.9. The van der Waals surface area contributed by atoms with Gasteiger partial charge >= 0.3 is 0 Å². The minimum absolute atomic E-state index is 0.867. The van der Waals surface area contributed by atoms with Crippen LogP contribution in [0.25, 0.3) is 132 Å². The molecule has 0 bridgehead atoms. The molecule has 0 aliphatic heterocycles. The van der Waals surface area contributed by atoms with Gasteiger partial charge in [-0.2, -0.15) is 0 Å². The standard InChI is InChI=1S/C54H30O4/c1-2-8-38(36-18-24-54-46(30-36)44-28-34(16-22-52(44)58-54)32-14-20-50-42(26-32)40-10-4-6-12-48(40)56-50)37(7-1)35-17-23-53-45(29-35)43-27-33(15-21-51(43)57-53)31-13-19-49-41(25-31)39-9-3-5-11-47(39)55-49/h1-30H. The predicted octanol–water partition coefficient (Wildman–Crippen LogP) is 16.0. The molecule has 0 saturated heterocycles. The highest BCUT2D eigenvalue weighted by Crippen LogP contribution is 2.42. The van der Waals surface area contributed by atoms with E-state index in [0.717, 1.165) is 132 Å². The summed E-state index contributed by atoms with van der Waals surface area (Å²) in [6.45, 7) is 0. The van der Waals surface area contributed by atoms with Crippen molar-refractivity contribution in [2.45, 2.75) is 0 Å². The summed E-state index contributed by atoms with van der Waals surface area (Å²) in [4.78, 5) is 0. The summed E-state index contributed by atoms with van der Waals surface area (Å²) in [5, 5.41) is 8.84. The Bertz CT molecular complexity index is 3560. The van der Waals surface area contributed by atoms with Crippen LogP contribution in [0.4, 0.5) is 0 Å². The third kappa shape index (κ3) is 4.69.